The molecule has 6 nitrogen and oxygen atoms in total. The van der Waals surface area contributed by atoms with Crippen molar-refractivity contribution in [3.05, 3.63) is 46.5 Å². The molecule has 1 N–H and O–H groups in total. The van der Waals surface area contributed by atoms with Crippen molar-refractivity contribution in [2.24, 2.45) is 7.05 Å². The van der Waals surface area contributed by atoms with Gasteiger partial charge in [0.05, 0.1) is 10.0 Å². The van der Waals surface area contributed by atoms with Crippen LogP contribution < -0.4 is 10.1 Å². The molecule has 1 aliphatic heterocycles. The zero-order valence-corrected chi connectivity index (χ0v) is 16.8. The third-order valence-corrected chi connectivity index (χ3v) is 4.97. The first kappa shape index (κ1) is 20.8. The Kier molecular flexibility index (Phi) is 7.17. The average Bonchev–Trinajstić information content (AvgIpc) is 3.03. The number of rotatable bonds is 4. The predicted molar refractivity (Wildman–Crippen MR) is 104 cm³/mol. The lowest BCUT2D eigenvalue weighted by Gasteiger charge is -2.37. The van der Waals surface area contributed by atoms with Crippen molar-refractivity contribution in [2.75, 3.05) is 19.6 Å². The Morgan fingerprint density at radius 3 is 2.81 bits per heavy atom. The molecule has 1 aromatic carbocycles. The molecular formula is C17H21Cl3N4O2. The molecule has 3 rings (SSSR count). The standard InChI is InChI=1S/C17H20Cl2N4O2.ClH/c1-11(25-12-3-4-13(18)14(19)9-12)17(24)23-8-5-20-10-15(23)16-21-6-7-22(16)2;/h3-4,6-7,9,11,15,20H,5,8,10H2,1-2H3;1H. The highest BCUT2D eigenvalue weighted by atomic mass is 35.5. The molecule has 0 bridgehead atoms. The van der Waals surface area contributed by atoms with Gasteiger partial charge in [-0.3, -0.25) is 4.79 Å². The van der Waals surface area contributed by atoms with Gasteiger partial charge in [0.2, 0.25) is 0 Å². The normalized spacial score (nSPS) is 18.2. The smallest absolute Gasteiger partial charge is 0.264 e. The molecule has 1 aliphatic rings. The van der Waals surface area contributed by atoms with E-state index in [4.69, 9.17) is 27.9 Å². The number of carbonyl (C=O) groups excluding carboxylic acids is 1. The molecule has 0 spiro atoms. The number of amides is 1. The van der Waals surface area contributed by atoms with Gasteiger partial charge in [-0.25, -0.2) is 4.98 Å². The highest BCUT2D eigenvalue weighted by molar-refractivity contribution is 6.42. The van der Waals surface area contributed by atoms with Gasteiger partial charge in [0.1, 0.15) is 17.6 Å². The third kappa shape index (κ3) is 4.43. The monoisotopic (exact) mass is 418 g/mol. The number of aromatic nitrogens is 2. The highest BCUT2D eigenvalue weighted by Gasteiger charge is 2.33. The van der Waals surface area contributed by atoms with Gasteiger partial charge in [-0.2, -0.15) is 0 Å². The second kappa shape index (κ2) is 8.95. The summed E-state index contributed by atoms with van der Waals surface area (Å²) in [5, 5.41) is 4.16. The Hall–Kier alpha value is -1.47. The van der Waals surface area contributed by atoms with Crippen molar-refractivity contribution < 1.29 is 9.53 Å². The molecule has 2 heterocycles. The maximum absolute atomic E-state index is 12.9. The number of nitrogens with zero attached hydrogens (tertiary/aromatic N) is 3. The van der Waals surface area contributed by atoms with E-state index in [0.717, 1.165) is 12.4 Å². The van der Waals surface area contributed by atoms with Gasteiger partial charge in [-0.1, -0.05) is 23.2 Å². The van der Waals surface area contributed by atoms with Gasteiger partial charge in [-0.15, -0.1) is 12.4 Å². The number of nitrogens with one attached hydrogen (secondary N) is 1. The molecule has 0 radical (unpaired) electrons. The first-order valence-electron chi connectivity index (χ1n) is 8.07. The number of piperazine rings is 1. The lowest BCUT2D eigenvalue weighted by Crippen LogP contribution is -2.52. The lowest BCUT2D eigenvalue weighted by molar-refractivity contribution is -0.141. The number of hydrogen-bond acceptors (Lipinski definition) is 4. The maximum Gasteiger partial charge on any atom is 0.264 e. The van der Waals surface area contributed by atoms with Gasteiger partial charge in [0.25, 0.3) is 5.91 Å². The third-order valence-electron chi connectivity index (χ3n) is 4.23. The van der Waals surface area contributed by atoms with Crippen LogP contribution in [0.2, 0.25) is 10.0 Å². The molecule has 2 aromatic rings. The Balaban J connectivity index is 0.00000243. The Labute approximate surface area is 168 Å². The van der Waals surface area contributed by atoms with E-state index in [1.54, 1.807) is 31.3 Å². The molecule has 0 aliphatic carbocycles. The summed E-state index contributed by atoms with van der Waals surface area (Å²) >= 11 is 11.9. The molecule has 0 saturated carbocycles. The van der Waals surface area contributed by atoms with Crippen LogP contribution in [-0.2, 0) is 11.8 Å². The van der Waals surface area contributed by atoms with Gasteiger partial charge in [-0.05, 0) is 19.1 Å². The summed E-state index contributed by atoms with van der Waals surface area (Å²) in [5.74, 6) is 1.28. The number of hydrogen-bond donors (Lipinski definition) is 1. The van der Waals surface area contributed by atoms with E-state index in [2.05, 4.69) is 10.3 Å². The first-order valence-corrected chi connectivity index (χ1v) is 8.83. The molecule has 1 amide bonds. The number of imidazole rings is 1. The Morgan fingerprint density at radius 2 is 2.15 bits per heavy atom. The van der Waals surface area contributed by atoms with Crippen LogP contribution in [0.4, 0.5) is 0 Å². The lowest BCUT2D eigenvalue weighted by atomic mass is 10.1. The summed E-state index contributed by atoms with van der Waals surface area (Å²) in [6.07, 6.45) is 2.97. The number of ether oxygens (including phenoxy) is 1. The molecule has 2 atom stereocenters. The summed E-state index contributed by atoms with van der Waals surface area (Å²) < 4.78 is 7.71. The summed E-state index contributed by atoms with van der Waals surface area (Å²) in [4.78, 5) is 19.2. The van der Waals surface area contributed by atoms with Gasteiger partial charge in [0.15, 0.2) is 6.10 Å². The quantitative estimate of drug-likeness (QED) is 0.827. The van der Waals surface area contributed by atoms with E-state index in [1.165, 1.54) is 0 Å². The minimum Gasteiger partial charge on any atom is -0.481 e. The largest absolute Gasteiger partial charge is 0.481 e. The number of benzene rings is 1. The van der Waals surface area contributed by atoms with Crippen LogP contribution in [-0.4, -0.2) is 46.1 Å². The number of carbonyl (C=O) groups is 1. The molecular weight excluding hydrogens is 399 g/mol. The molecule has 2 unspecified atom stereocenters. The van der Waals surface area contributed by atoms with Crippen LogP contribution in [0.25, 0.3) is 0 Å². The molecule has 26 heavy (non-hydrogen) atoms. The number of halogens is 3. The second-order valence-electron chi connectivity index (χ2n) is 5.98. The summed E-state index contributed by atoms with van der Waals surface area (Å²) in [6, 6.07) is 4.84. The van der Waals surface area contributed by atoms with Gasteiger partial charge in [0, 0.05) is 45.1 Å². The van der Waals surface area contributed by atoms with Crippen LogP contribution in [0.5, 0.6) is 5.75 Å². The van der Waals surface area contributed by atoms with Crippen molar-refractivity contribution >= 4 is 41.5 Å². The fourth-order valence-electron chi connectivity index (χ4n) is 2.94. The molecule has 9 heteroatoms. The predicted octanol–water partition coefficient (Wildman–Crippen LogP) is 3.09. The van der Waals surface area contributed by atoms with Gasteiger partial charge < -0.3 is 19.5 Å². The van der Waals surface area contributed by atoms with Crippen molar-refractivity contribution in [1.29, 1.82) is 0 Å². The van der Waals surface area contributed by atoms with Crippen molar-refractivity contribution in [3.63, 3.8) is 0 Å². The summed E-state index contributed by atoms with van der Waals surface area (Å²) in [7, 11) is 1.93. The van der Waals surface area contributed by atoms with Crippen molar-refractivity contribution in [1.82, 2.24) is 19.8 Å². The van der Waals surface area contributed by atoms with Crippen LogP contribution in [0.15, 0.2) is 30.6 Å². The van der Waals surface area contributed by atoms with Gasteiger partial charge >= 0.3 is 0 Å². The molecule has 1 fully saturated rings. The fraction of sp³-hybridized carbons (Fsp3) is 0.412. The highest BCUT2D eigenvalue weighted by Crippen LogP contribution is 2.28. The topological polar surface area (TPSA) is 59.4 Å². The van der Waals surface area contributed by atoms with Crippen molar-refractivity contribution in [2.45, 2.75) is 19.1 Å². The van der Waals surface area contributed by atoms with Crippen molar-refractivity contribution in [3.8, 4) is 5.75 Å². The van der Waals surface area contributed by atoms with Crippen LogP contribution in [0.3, 0.4) is 0 Å². The molecule has 1 saturated heterocycles. The van der Waals surface area contributed by atoms with Crippen LogP contribution in [0, 0.1) is 0 Å². The molecule has 1 aromatic heterocycles. The Bertz CT molecular complexity index is 768. The SMILES string of the molecule is CC(Oc1ccc(Cl)c(Cl)c1)C(=O)N1CCNCC1c1nccn1C.Cl. The van der Waals surface area contributed by atoms with Crippen LogP contribution >= 0.6 is 35.6 Å². The zero-order chi connectivity index (χ0) is 18.0. The fourth-order valence-corrected chi connectivity index (χ4v) is 3.22. The van der Waals surface area contributed by atoms with E-state index in [-0.39, 0.29) is 24.4 Å². The first-order chi connectivity index (χ1) is 12.0. The average molecular weight is 420 g/mol. The van der Waals surface area contributed by atoms with E-state index in [0.29, 0.717) is 28.9 Å². The maximum atomic E-state index is 12.9. The van der Waals surface area contributed by atoms with E-state index in [1.807, 2.05) is 22.7 Å². The summed E-state index contributed by atoms with van der Waals surface area (Å²) in [5.41, 5.74) is 0. The van der Waals surface area contributed by atoms with E-state index >= 15 is 0 Å². The minimum absolute atomic E-state index is 0. The zero-order valence-electron chi connectivity index (χ0n) is 14.5. The number of aryl methyl sites for hydroxylation is 1. The van der Waals surface area contributed by atoms with Crippen LogP contribution in [0.1, 0.15) is 18.8 Å². The van der Waals surface area contributed by atoms with E-state index < -0.39 is 6.10 Å². The second-order valence-corrected chi connectivity index (χ2v) is 6.80. The van der Waals surface area contributed by atoms with E-state index in [9.17, 15) is 4.79 Å². The summed E-state index contributed by atoms with van der Waals surface area (Å²) in [6.45, 7) is 3.75. The molecule has 142 valence electrons. The minimum atomic E-state index is -0.641. The Morgan fingerprint density at radius 1 is 1.38 bits per heavy atom.